The lowest BCUT2D eigenvalue weighted by Gasteiger charge is -1.98. The van der Waals surface area contributed by atoms with E-state index in [-0.39, 0.29) is 5.65 Å². The van der Waals surface area contributed by atoms with Gasteiger partial charge >= 0.3 is 0 Å². The number of hydrogen-bond acceptors (Lipinski definition) is 2. The predicted octanol–water partition coefficient (Wildman–Crippen LogP) is 1.78. The van der Waals surface area contributed by atoms with Gasteiger partial charge in [-0.2, -0.15) is 0 Å². The van der Waals surface area contributed by atoms with E-state index < -0.39 is 14.0 Å². The molecule has 0 spiro atoms. The minimum Gasteiger partial charge on any atom is -0.261 e. The maximum atomic E-state index is 8.11. The van der Waals surface area contributed by atoms with Gasteiger partial charge in [0.15, 0.2) is 5.52 Å². The van der Waals surface area contributed by atoms with E-state index in [4.69, 9.17) is 8.22 Å². The summed E-state index contributed by atoms with van der Waals surface area (Å²) in [5.41, 5.74) is 2.54. The topological polar surface area (TPSA) is 39.5 Å². The zero-order valence-corrected chi connectivity index (χ0v) is 10.9. The molecule has 21 heavy (non-hydrogen) atoms. The fourth-order valence-corrected chi connectivity index (χ4v) is 3.24. The van der Waals surface area contributed by atoms with E-state index in [1.54, 1.807) is 24.5 Å². The maximum absolute atomic E-state index is 8.11. The van der Waals surface area contributed by atoms with Crippen molar-refractivity contribution in [3.05, 3.63) is 42.5 Å². The van der Waals surface area contributed by atoms with Gasteiger partial charge < -0.3 is 0 Å². The minimum atomic E-state index is -2.57. The molecule has 0 atom stereocenters. The molecule has 0 aliphatic carbocycles. The average molecular weight is 282 g/mol. The molecule has 0 bridgehead atoms. The third-order valence-electron chi connectivity index (χ3n) is 4.11. The third-order valence-corrected chi connectivity index (χ3v) is 4.11. The van der Waals surface area contributed by atoms with Gasteiger partial charge in [-0.25, -0.2) is 9.13 Å². The molecule has 1 aliphatic rings. The summed E-state index contributed by atoms with van der Waals surface area (Å²) < 4.78 is 52.4. The standard InChI is InChI=1S/C16H14N5/c1-19-13-8-17-7-5-11(13)14-16(19)20(2)15-10-4-3-6-18-12(10)9-21(14)15/h3-8H,9H2,1-2H3/q+1/i1D3,2D3. The second-order valence-electron chi connectivity index (χ2n) is 5.14. The lowest BCUT2D eigenvalue weighted by atomic mass is 10.2. The number of nitrogens with zero attached hydrogens (tertiary/aromatic N) is 5. The number of fused-ring (bicyclic) bond motifs is 7. The van der Waals surface area contributed by atoms with Crippen LogP contribution in [0.1, 0.15) is 13.9 Å². The Hall–Kier alpha value is -2.69. The molecule has 0 unspecified atom stereocenters. The number of hydrogen-bond donors (Lipinski definition) is 0. The van der Waals surface area contributed by atoms with E-state index in [1.807, 2.05) is 10.6 Å². The highest BCUT2D eigenvalue weighted by molar-refractivity contribution is 6.04. The second kappa shape index (κ2) is 3.49. The largest absolute Gasteiger partial charge is 0.269 e. The lowest BCUT2D eigenvalue weighted by molar-refractivity contribution is -0.636. The number of imidazole rings is 1. The van der Waals surface area contributed by atoms with Crippen molar-refractivity contribution in [1.82, 2.24) is 19.1 Å². The van der Waals surface area contributed by atoms with Crippen molar-refractivity contribution in [2.75, 3.05) is 0 Å². The van der Waals surface area contributed by atoms with Crippen LogP contribution in [-0.2, 0) is 20.5 Å². The number of aromatic nitrogens is 5. The van der Waals surface area contributed by atoms with E-state index in [0.29, 0.717) is 34.4 Å². The van der Waals surface area contributed by atoms with Crippen molar-refractivity contribution in [1.29, 1.82) is 0 Å². The van der Waals surface area contributed by atoms with E-state index in [2.05, 4.69) is 9.97 Å². The summed E-state index contributed by atoms with van der Waals surface area (Å²) in [6, 6.07) is 5.27. The first-order chi connectivity index (χ1) is 12.7. The molecule has 0 fully saturated rings. The summed E-state index contributed by atoms with van der Waals surface area (Å²) in [7, 11) is 0. The Kier molecular flexibility index (Phi) is 1.14. The van der Waals surface area contributed by atoms with Gasteiger partial charge in [-0.3, -0.25) is 14.5 Å². The SMILES string of the molecule is [2H]C([2H])([2H])n1c2cnccc2c2c1[n+](C([2H])([2H])[2H])c1n2Cc2ncccc2-1. The van der Waals surface area contributed by atoms with Crippen LogP contribution in [0.3, 0.4) is 0 Å². The Balaban J connectivity index is 2.07. The van der Waals surface area contributed by atoms with Crippen LogP contribution in [0.25, 0.3) is 33.5 Å². The third kappa shape index (κ3) is 1.15. The molecule has 0 N–H and O–H groups in total. The van der Waals surface area contributed by atoms with Crippen LogP contribution in [0.5, 0.6) is 0 Å². The van der Waals surface area contributed by atoms with Gasteiger partial charge in [0.1, 0.15) is 12.1 Å². The van der Waals surface area contributed by atoms with Crippen molar-refractivity contribution in [2.24, 2.45) is 14.0 Å². The number of rotatable bonds is 0. The van der Waals surface area contributed by atoms with E-state index in [1.165, 1.54) is 6.20 Å². The molecule has 0 amide bonds. The highest BCUT2D eigenvalue weighted by Crippen LogP contribution is 2.35. The molecule has 5 heteroatoms. The first-order valence-electron chi connectivity index (χ1n) is 9.57. The van der Waals surface area contributed by atoms with E-state index in [9.17, 15) is 0 Å². The molecule has 0 saturated carbocycles. The average Bonchev–Trinajstić information content (AvgIpc) is 3.18. The van der Waals surface area contributed by atoms with Crippen molar-refractivity contribution in [3.63, 3.8) is 0 Å². The van der Waals surface area contributed by atoms with E-state index >= 15 is 0 Å². The fraction of sp³-hybridized carbons (Fsp3) is 0.188. The quantitative estimate of drug-likeness (QED) is 0.406. The van der Waals surface area contributed by atoms with Crippen molar-refractivity contribution in [2.45, 2.75) is 6.54 Å². The first kappa shape index (κ1) is 6.85. The summed E-state index contributed by atoms with van der Waals surface area (Å²) in [6.07, 6.45) is 4.70. The molecule has 4 aromatic heterocycles. The molecule has 5 nitrogen and oxygen atoms in total. The van der Waals surface area contributed by atoms with Crippen LogP contribution in [0, 0.1) is 0 Å². The summed E-state index contributed by atoms with van der Waals surface area (Å²) >= 11 is 0. The van der Waals surface area contributed by atoms with Gasteiger partial charge in [-0.05, 0) is 18.2 Å². The van der Waals surface area contributed by atoms with Gasteiger partial charge in [0.2, 0.25) is 5.82 Å². The van der Waals surface area contributed by atoms with Crippen molar-refractivity contribution < 1.29 is 12.8 Å². The molecule has 5 heterocycles. The van der Waals surface area contributed by atoms with Crippen LogP contribution in [0.4, 0.5) is 0 Å². The zero-order valence-electron chi connectivity index (χ0n) is 16.9. The summed E-state index contributed by atoms with van der Waals surface area (Å²) in [4.78, 5) is 8.41. The summed E-state index contributed by atoms with van der Waals surface area (Å²) in [6.45, 7) is -4.74. The monoisotopic (exact) mass is 282 g/mol. The molecule has 0 radical (unpaired) electrons. The summed E-state index contributed by atoms with van der Waals surface area (Å²) in [5.74, 6) is 0.444. The molecule has 5 rings (SSSR count). The lowest BCUT2D eigenvalue weighted by Crippen LogP contribution is -2.31. The van der Waals surface area contributed by atoms with Gasteiger partial charge in [0.25, 0.3) is 5.65 Å². The molecule has 1 aliphatic heterocycles. The number of pyridine rings is 2. The van der Waals surface area contributed by atoms with E-state index in [0.717, 1.165) is 14.8 Å². The second-order valence-corrected chi connectivity index (χ2v) is 5.14. The Morgan fingerprint density at radius 3 is 3.24 bits per heavy atom. The van der Waals surface area contributed by atoms with Gasteiger partial charge in [0, 0.05) is 12.4 Å². The van der Waals surface area contributed by atoms with Gasteiger partial charge in [-0.1, -0.05) is 0 Å². The van der Waals surface area contributed by atoms with Gasteiger partial charge in [0.05, 0.1) is 45.0 Å². The van der Waals surface area contributed by atoms with Crippen LogP contribution in [0.2, 0.25) is 0 Å². The Bertz CT molecular complexity index is 1230. The maximum Gasteiger partial charge on any atom is 0.269 e. The first-order valence-corrected chi connectivity index (χ1v) is 6.57. The Labute approximate surface area is 129 Å². The molecule has 0 saturated heterocycles. The highest BCUT2D eigenvalue weighted by Gasteiger charge is 2.34. The smallest absolute Gasteiger partial charge is 0.261 e. The van der Waals surface area contributed by atoms with Crippen LogP contribution >= 0.6 is 0 Å². The molecule has 102 valence electrons. The zero-order chi connectivity index (χ0) is 19.1. The molecule has 4 aromatic rings. The summed E-state index contributed by atoms with van der Waals surface area (Å²) in [5, 5.41) is 0.646. The number of aryl methyl sites for hydroxylation is 2. The highest BCUT2D eigenvalue weighted by atomic mass is 15.2. The Morgan fingerprint density at radius 2 is 2.33 bits per heavy atom. The molecular formula is C16H14N5+. The van der Waals surface area contributed by atoms with Gasteiger partial charge in [-0.15, -0.1) is 0 Å². The van der Waals surface area contributed by atoms with Crippen LogP contribution in [0.15, 0.2) is 36.8 Å². The van der Waals surface area contributed by atoms with Crippen LogP contribution < -0.4 is 4.57 Å². The fourth-order valence-electron chi connectivity index (χ4n) is 3.24. The Morgan fingerprint density at radius 1 is 1.33 bits per heavy atom. The normalized spacial score (nSPS) is 18.5. The van der Waals surface area contributed by atoms with Crippen LogP contribution in [-0.4, -0.2) is 19.1 Å². The minimum absolute atomic E-state index is 0.141. The predicted molar refractivity (Wildman–Crippen MR) is 79.7 cm³/mol. The van der Waals surface area contributed by atoms with Crippen molar-refractivity contribution in [3.8, 4) is 11.4 Å². The van der Waals surface area contributed by atoms with Crippen molar-refractivity contribution >= 4 is 22.1 Å². The molecular weight excluding hydrogens is 262 g/mol. The molecule has 0 aromatic carbocycles.